The number of hydrogen-bond donors (Lipinski definition) is 1. The number of likely N-dealkylation sites (tertiary alicyclic amines) is 1. The summed E-state index contributed by atoms with van der Waals surface area (Å²) in [4.78, 5) is 6.57. The predicted octanol–water partition coefficient (Wildman–Crippen LogP) is 1.81. The Balaban J connectivity index is 1.88. The summed E-state index contributed by atoms with van der Waals surface area (Å²) in [6.45, 7) is 4.86. The second-order valence-corrected chi connectivity index (χ2v) is 6.63. The van der Waals surface area contributed by atoms with Crippen molar-refractivity contribution in [3.63, 3.8) is 0 Å². The van der Waals surface area contributed by atoms with Gasteiger partial charge in [0.05, 0.1) is 6.54 Å². The molecule has 1 aromatic rings. The molecule has 0 atom stereocenters. The minimum atomic E-state index is 0.538. The first kappa shape index (κ1) is 13.6. The Hall–Kier alpha value is -0.820. The normalized spacial score (nSPS) is 18.3. The lowest BCUT2D eigenvalue weighted by atomic mass is 10.00. The van der Waals surface area contributed by atoms with Gasteiger partial charge >= 0.3 is 0 Å². The maximum atomic E-state index is 6.01. The first-order valence-corrected chi connectivity index (χ1v) is 8.14. The van der Waals surface area contributed by atoms with Gasteiger partial charge in [-0.2, -0.15) is 0 Å². The van der Waals surface area contributed by atoms with Crippen LogP contribution < -0.4 is 5.73 Å². The zero-order valence-electron chi connectivity index (χ0n) is 10.8. The van der Waals surface area contributed by atoms with Gasteiger partial charge in [0, 0.05) is 13.1 Å². The molecular formula is C11H19N5S2. The van der Waals surface area contributed by atoms with Crippen molar-refractivity contribution in [1.29, 1.82) is 0 Å². The molecule has 2 heterocycles. The van der Waals surface area contributed by atoms with Crippen LogP contribution >= 0.6 is 23.1 Å². The Morgan fingerprint density at radius 1 is 1.50 bits per heavy atom. The molecule has 0 spiro atoms. The summed E-state index contributed by atoms with van der Waals surface area (Å²) in [5, 5.41) is 9.05. The fourth-order valence-corrected chi connectivity index (χ4v) is 3.11. The maximum Gasteiger partial charge on any atom is 0.191 e. The molecule has 5 nitrogen and oxygen atoms in total. The van der Waals surface area contributed by atoms with Crippen LogP contribution in [0, 0.1) is 5.92 Å². The van der Waals surface area contributed by atoms with Crippen LogP contribution in [-0.4, -0.2) is 40.4 Å². The summed E-state index contributed by atoms with van der Waals surface area (Å²) in [6.07, 6.45) is 4.40. The van der Waals surface area contributed by atoms with Crippen molar-refractivity contribution in [3.05, 3.63) is 5.01 Å². The average Bonchev–Trinajstić information content (AvgIpc) is 2.85. The monoisotopic (exact) mass is 285 g/mol. The molecule has 2 N–H and O–H groups in total. The first-order valence-electron chi connectivity index (χ1n) is 6.10. The van der Waals surface area contributed by atoms with Crippen molar-refractivity contribution < 1.29 is 0 Å². The van der Waals surface area contributed by atoms with Crippen LogP contribution in [-0.2, 0) is 6.54 Å². The Labute approximate surface area is 116 Å². The summed E-state index contributed by atoms with van der Waals surface area (Å²) in [7, 11) is 0. The minimum Gasteiger partial charge on any atom is -0.370 e. The lowest BCUT2D eigenvalue weighted by Crippen LogP contribution is -2.42. The molecule has 1 fully saturated rings. The molecule has 0 radical (unpaired) electrons. The molecule has 0 aliphatic carbocycles. The van der Waals surface area contributed by atoms with Crippen LogP contribution in [0.4, 0.5) is 0 Å². The van der Waals surface area contributed by atoms with Gasteiger partial charge in [0.25, 0.3) is 0 Å². The molecule has 1 aromatic heterocycles. The van der Waals surface area contributed by atoms with E-state index in [-0.39, 0.29) is 0 Å². The molecule has 0 amide bonds. The lowest BCUT2D eigenvalue weighted by molar-refractivity contribution is 0.277. The van der Waals surface area contributed by atoms with Crippen molar-refractivity contribution in [2.45, 2.75) is 30.6 Å². The molecular weight excluding hydrogens is 266 g/mol. The van der Waals surface area contributed by atoms with E-state index in [1.54, 1.807) is 23.1 Å². The number of guanidine groups is 1. The smallest absolute Gasteiger partial charge is 0.191 e. The topological polar surface area (TPSA) is 67.4 Å². The Kier molecular flexibility index (Phi) is 4.82. The molecule has 1 aliphatic heterocycles. The van der Waals surface area contributed by atoms with Gasteiger partial charge in [0.15, 0.2) is 10.3 Å². The highest BCUT2D eigenvalue weighted by molar-refractivity contribution is 8.00. The molecule has 18 heavy (non-hydrogen) atoms. The van der Waals surface area contributed by atoms with E-state index in [2.05, 4.69) is 27.0 Å². The van der Waals surface area contributed by atoms with Crippen LogP contribution in [0.25, 0.3) is 0 Å². The van der Waals surface area contributed by atoms with Crippen molar-refractivity contribution in [3.8, 4) is 0 Å². The number of nitrogens with two attached hydrogens (primary N) is 1. The third kappa shape index (κ3) is 3.58. The van der Waals surface area contributed by atoms with Gasteiger partial charge in [0.1, 0.15) is 5.01 Å². The number of nitrogens with zero attached hydrogens (tertiary/aromatic N) is 4. The SMILES string of the molecule is CSc1nnc(CN=C(N)N2CCC(C)CC2)s1. The van der Waals surface area contributed by atoms with Crippen LogP contribution in [0.1, 0.15) is 24.8 Å². The summed E-state index contributed by atoms with van der Waals surface area (Å²) < 4.78 is 0.977. The van der Waals surface area contributed by atoms with Crippen molar-refractivity contribution >= 4 is 29.1 Å². The van der Waals surface area contributed by atoms with Crippen LogP contribution in [0.5, 0.6) is 0 Å². The molecule has 1 saturated heterocycles. The third-order valence-electron chi connectivity index (χ3n) is 3.11. The van der Waals surface area contributed by atoms with Crippen LogP contribution in [0.3, 0.4) is 0 Å². The molecule has 100 valence electrons. The van der Waals surface area contributed by atoms with Crippen molar-refractivity contribution in [2.75, 3.05) is 19.3 Å². The fraction of sp³-hybridized carbons (Fsp3) is 0.727. The second-order valence-electron chi connectivity index (χ2n) is 4.51. The summed E-state index contributed by atoms with van der Waals surface area (Å²) in [5.74, 6) is 1.45. The zero-order valence-corrected chi connectivity index (χ0v) is 12.4. The maximum absolute atomic E-state index is 6.01. The van der Waals surface area contributed by atoms with E-state index < -0.39 is 0 Å². The standard InChI is InChI=1S/C11H19N5S2/c1-8-3-5-16(6-4-8)10(12)13-7-9-14-15-11(17-2)18-9/h8H,3-7H2,1-2H3,(H2,12,13). The summed E-state index contributed by atoms with van der Waals surface area (Å²) in [6, 6.07) is 0. The molecule has 1 aliphatic rings. The van der Waals surface area contributed by atoms with E-state index >= 15 is 0 Å². The largest absolute Gasteiger partial charge is 0.370 e. The van der Waals surface area contributed by atoms with Crippen molar-refractivity contribution in [1.82, 2.24) is 15.1 Å². The second kappa shape index (κ2) is 6.38. The Morgan fingerprint density at radius 3 is 2.83 bits per heavy atom. The molecule has 0 bridgehead atoms. The number of aromatic nitrogens is 2. The summed E-state index contributed by atoms with van der Waals surface area (Å²) in [5.41, 5.74) is 6.01. The predicted molar refractivity (Wildman–Crippen MR) is 77.0 cm³/mol. The molecule has 7 heteroatoms. The van der Waals surface area contributed by atoms with Gasteiger partial charge in [0.2, 0.25) is 0 Å². The number of aliphatic imine (C=N–C) groups is 1. The van der Waals surface area contributed by atoms with Crippen LogP contribution in [0.2, 0.25) is 0 Å². The Bertz CT molecular complexity index is 409. The van der Waals surface area contributed by atoms with Gasteiger partial charge in [-0.15, -0.1) is 10.2 Å². The van der Waals surface area contributed by atoms with Gasteiger partial charge in [-0.05, 0) is 25.0 Å². The zero-order chi connectivity index (χ0) is 13.0. The minimum absolute atomic E-state index is 0.538. The van der Waals surface area contributed by atoms with E-state index in [4.69, 9.17) is 5.73 Å². The lowest BCUT2D eigenvalue weighted by Gasteiger charge is -2.30. The van der Waals surface area contributed by atoms with E-state index in [0.29, 0.717) is 12.5 Å². The summed E-state index contributed by atoms with van der Waals surface area (Å²) >= 11 is 3.19. The quantitative estimate of drug-likeness (QED) is 0.521. The average molecular weight is 285 g/mol. The van der Waals surface area contributed by atoms with Gasteiger partial charge in [-0.1, -0.05) is 30.0 Å². The highest BCUT2D eigenvalue weighted by atomic mass is 32.2. The number of rotatable bonds is 3. The van der Waals surface area contributed by atoms with Gasteiger partial charge < -0.3 is 10.6 Å². The highest BCUT2D eigenvalue weighted by Crippen LogP contribution is 2.20. The Morgan fingerprint density at radius 2 is 2.22 bits per heavy atom. The molecule has 2 rings (SSSR count). The van der Waals surface area contributed by atoms with Gasteiger partial charge in [-0.3, -0.25) is 0 Å². The van der Waals surface area contributed by atoms with Crippen molar-refractivity contribution in [2.24, 2.45) is 16.6 Å². The number of hydrogen-bond acceptors (Lipinski definition) is 5. The van der Waals surface area contributed by atoms with E-state index in [9.17, 15) is 0 Å². The molecule has 0 unspecified atom stereocenters. The first-order chi connectivity index (χ1) is 8.69. The van der Waals surface area contributed by atoms with E-state index in [1.165, 1.54) is 12.8 Å². The molecule has 0 aromatic carbocycles. The van der Waals surface area contributed by atoms with Gasteiger partial charge in [-0.25, -0.2) is 4.99 Å². The third-order valence-corrected chi connectivity index (χ3v) is 4.99. The number of piperidine rings is 1. The van der Waals surface area contributed by atoms with Crippen LogP contribution in [0.15, 0.2) is 9.33 Å². The van der Waals surface area contributed by atoms with E-state index in [0.717, 1.165) is 28.4 Å². The molecule has 0 saturated carbocycles. The van der Waals surface area contributed by atoms with E-state index in [1.807, 2.05) is 6.26 Å². The fourth-order valence-electron chi connectivity index (χ4n) is 1.87. The number of thioether (sulfide) groups is 1. The highest BCUT2D eigenvalue weighted by Gasteiger charge is 2.16.